The maximum Gasteiger partial charge on any atom is 0.0972 e. The van der Waals surface area contributed by atoms with Crippen LogP contribution >= 0.6 is 0 Å². The van der Waals surface area contributed by atoms with E-state index in [9.17, 15) is 0 Å². The molecule has 0 fully saturated rings. The fourth-order valence-corrected chi connectivity index (χ4v) is 10.6. The standard InChI is InChI=1S/C61H35N3/c1-2-11-36(12-3-1)54-30-27-38-22-24-43-34-45(35-62-59(43)60(38)63-54)46-28-25-37-21-23-40-32-44(33-41-26-29-51(46)56(37)55(40)41)39-13-10-14-42(31-39)58-53-20-9-7-18-50(53)57-49-17-6-4-15-47(49)48-16-5-8-19-52(48)61(57)64-58/h1-35H. The molecule has 0 bridgehead atoms. The fourth-order valence-electron chi connectivity index (χ4n) is 10.6. The third kappa shape index (κ3) is 5.19. The minimum atomic E-state index is 0.917. The summed E-state index contributed by atoms with van der Waals surface area (Å²) in [6.07, 6.45) is 2.02. The van der Waals surface area contributed by atoms with E-state index >= 15 is 0 Å². The number of rotatable bonds is 4. The summed E-state index contributed by atoms with van der Waals surface area (Å²) in [5.41, 5.74) is 11.7. The van der Waals surface area contributed by atoms with Crippen LogP contribution in [0.2, 0.25) is 0 Å². The lowest BCUT2D eigenvalue weighted by Gasteiger charge is -2.17. The van der Waals surface area contributed by atoms with Crippen LogP contribution in [0.3, 0.4) is 0 Å². The van der Waals surface area contributed by atoms with E-state index in [0.717, 1.165) is 66.4 Å². The van der Waals surface area contributed by atoms with Crippen LogP contribution in [0.25, 0.3) is 142 Å². The molecule has 3 nitrogen and oxygen atoms in total. The molecule has 64 heavy (non-hydrogen) atoms. The zero-order chi connectivity index (χ0) is 41.9. The molecule has 0 saturated heterocycles. The summed E-state index contributed by atoms with van der Waals surface area (Å²) in [6, 6.07) is 74.8. The maximum atomic E-state index is 5.57. The summed E-state index contributed by atoms with van der Waals surface area (Å²) in [6.45, 7) is 0. The van der Waals surface area contributed by atoms with Crippen LogP contribution in [0.1, 0.15) is 0 Å². The molecule has 3 heterocycles. The highest BCUT2D eigenvalue weighted by Gasteiger charge is 2.19. The number of hydrogen-bond donors (Lipinski definition) is 0. The van der Waals surface area contributed by atoms with Gasteiger partial charge in [0.2, 0.25) is 0 Å². The third-order valence-corrected chi connectivity index (χ3v) is 13.5. The first-order valence-electron chi connectivity index (χ1n) is 21.9. The van der Waals surface area contributed by atoms with Gasteiger partial charge in [-0.05, 0) is 101 Å². The highest BCUT2D eigenvalue weighted by molar-refractivity contribution is 6.31. The first kappa shape index (κ1) is 35.1. The molecule has 0 aliphatic heterocycles. The van der Waals surface area contributed by atoms with E-state index in [1.807, 2.05) is 12.3 Å². The number of benzene rings is 11. The molecular formula is C61H35N3. The van der Waals surface area contributed by atoms with Gasteiger partial charge in [-0.1, -0.05) is 176 Å². The second-order valence-electron chi connectivity index (χ2n) is 17.1. The number of fused-ring (bicyclic) bond motifs is 11. The van der Waals surface area contributed by atoms with Crippen LogP contribution in [0, 0.1) is 0 Å². The van der Waals surface area contributed by atoms with E-state index in [1.54, 1.807) is 0 Å². The van der Waals surface area contributed by atoms with Gasteiger partial charge in [-0.2, -0.15) is 0 Å². The molecule has 3 heteroatoms. The molecule has 14 aromatic rings. The van der Waals surface area contributed by atoms with Crippen LogP contribution in [0.5, 0.6) is 0 Å². The molecule has 0 amide bonds. The Balaban J connectivity index is 0.895. The zero-order valence-corrected chi connectivity index (χ0v) is 34.5. The fraction of sp³-hybridized carbons (Fsp3) is 0. The minimum absolute atomic E-state index is 0.917. The summed E-state index contributed by atoms with van der Waals surface area (Å²) in [5.74, 6) is 0. The van der Waals surface area contributed by atoms with Crippen molar-refractivity contribution in [2.24, 2.45) is 0 Å². The third-order valence-electron chi connectivity index (χ3n) is 13.5. The molecule has 0 atom stereocenters. The first-order valence-corrected chi connectivity index (χ1v) is 21.9. The summed E-state index contributed by atoms with van der Waals surface area (Å²) in [5, 5.41) is 18.1. The van der Waals surface area contributed by atoms with Crippen molar-refractivity contribution in [3.05, 3.63) is 212 Å². The van der Waals surface area contributed by atoms with Crippen LogP contribution in [0.15, 0.2) is 212 Å². The van der Waals surface area contributed by atoms with E-state index in [4.69, 9.17) is 15.0 Å². The van der Waals surface area contributed by atoms with Gasteiger partial charge in [0.05, 0.1) is 27.9 Å². The van der Waals surface area contributed by atoms with Crippen molar-refractivity contribution in [2.45, 2.75) is 0 Å². The Hall–Kier alpha value is -8.53. The summed E-state index contributed by atoms with van der Waals surface area (Å²) < 4.78 is 0. The van der Waals surface area contributed by atoms with E-state index in [0.29, 0.717) is 0 Å². The topological polar surface area (TPSA) is 38.7 Å². The van der Waals surface area contributed by atoms with Gasteiger partial charge in [0, 0.05) is 49.8 Å². The van der Waals surface area contributed by atoms with Gasteiger partial charge in [-0.3, -0.25) is 4.98 Å². The quantitative estimate of drug-likeness (QED) is 0.166. The molecule has 0 aliphatic rings. The van der Waals surface area contributed by atoms with Crippen molar-refractivity contribution in [1.29, 1.82) is 0 Å². The summed E-state index contributed by atoms with van der Waals surface area (Å²) >= 11 is 0. The Kier molecular flexibility index (Phi) is 7.40. The summed E-state index contributed by atoms with van der Waals surface area (Å²) in [4.78, 5) is 15.8. The van der Waals surface area contributed by atoms with Gasteiger partial charge in [0.15, 0.2) is 0 Å². The van der Waals surface area contributed by atoms with Crippen LogP contribution < -0.4 is 0 Å². The lowest BCUT2D eigenvalue weighted by molar-refractivity contribution is 1.37. The van der Waals surface area contributed by atoms with Crippen molar-refractivity contribution in [2.75, 3.05) is 0 Å². The van der Waals surface area contributed by atoms with Crippen molar-refractivity contribution in [1.82, 2.24) is 15.0 Å². The summed E-state index contributed by atoms with van der Waals surface area (Å²) in [7, 11) is 0. The number of nitrogens with zero attached hydrogens (tertiary/aromatic N) is 3. The lowest BCUT2D eigenvalue weighted by atomic mass is 9.88. The minimum Gasteiger partial charge on any atom is -0.253 e. The van der Waals surface area contributed by atoms with Gasteiger partial charge in [-0.15, -0.1) is 0 Å². The van der Waals surface area contributed by atoms with E-state index in [-0.39, 0.29) is 0 Å². The van der Waals surface area contributed by atoms with Crippen molar-refractivity contribution in [3.8, 4) is 44.8 Å². The van der Waals surface area contributed by atoms with E-state index < -0.39 is 0 Å². The van der Waals surface area contributed by atoms with Crippen molar-refractivity contribution < 1.29 is 0 Å². The Morgan fingerprint density at radius 1 is 0.266 bits per heavy atom. The molecular weight excluding hydrogens is 775 g/mol. The predicted octanol–water partition coefficient (Wildman–Crippen LogP) is 16.4. The molecule has 0 radical (unpaired) electrons. The van der Waals surface area contributed by atoms with Crippen molar-refractivity contribution >= 4 is 97.3 Å². The zero-order valence-electron chi connectivity index (χ0n) is 34.5. The Labute approximate surface area is 367 Å². The predicted molar refractivity (Wildman–Crippen MR) is 270 cm³/mol. The SMILES string of the molecule is c1ccc(-c2ccc3ccc4cc(-c5ccc6ccc7cc(-c8cccc(-c9nc%10c%11ccccc%11c%11ccccc%11c%10c%10ccccc9%10)c8)cc8ccc5c6c78)cnc4c3n2)cc1. The molecule has 3 aromatic heterocycles. The van der Waals surface area contributed by atoms with Crippen LogP contribution in [0.4, 0.5) is 0 Å². The average Bonchev–Trinajstić information content (AvgIpc) is 3.37. The Morgan fingerprint density at radius 3 is 1.69 bits per heavy atom. The van der Waals surface area contributed by atoms with Crippen molar-refractivity contribution in [3.63, 3.8) is 0 Å². The van der Waals surface area contributed by atoms with Crippen LogP contribution in [-0.4, -0.2) is 15.0 Å². The lowest BCUT2D eigenvalue weighted by Crippen LogP contribution is -1.93. The van der Waals surface area contributed by atoms with Gasteiger partial charge >= 0.3 is 0 Å². The van der Waals surface area contributed by atoms with Gasteiger partial charge in [0.1, 0.15) is 0 Å². The molecule has 0 saturated carbocycles. The normalized spacial score (nSPS) is 12.1. The molecule has 294 valence electrons. The molecule has 0 aliphatic carbocycles. The average molecular weight is 810 g/mol. The van der Waals surface area contributed by atoms with Gasteiger partial charge in [-0.25, -0.2) is 9.97 Å². The largest absolute Gasteiger partial charge is 0.253 e. The highest BCUT2D eigenvalue weighted by atomic mass is 14.8. The Morgan fingerprint density at radius 2 is 0.859 bits per heavy atom. The van der Waals surface area contributed by atoms with Gasteiger partial charge < -0.3 is 0 Å². The number of pyridine rings is 3. The van der Waals surface area contributed by atoms with Gasteiger partial charge in [0.25, 0.3) is 0 Å². The second-order valence-corrected chi connectivity index (χ2v) is 17.1. The number of hydrogen-bond acceptors (Lipinski definition) is 3. The van der Waals surface area contributed by atoms with E-state index in [1.165, 1.54) is 75.8 Å². The smallest absolute Gasteiger partial charge is 0.0972 e. The van der Waals surface area contributed by atoms with E-state index in [2.05, 4.69) is 200 Å². The highest BCUT2D eigenvalue weighted by Crippen LogP contribution is 2.44. The molecule has 0 N–H and O–H groups in total. The number of aromatic nitrogens is 3. The first-order chi connectivity index (χ1) is 31.7. The molecule has 0 spiro atoms. The Bertz CT molecular complexity index is 4230. The molecule has 11 aromatic carbocycles. The molecule has 0 unspecified atom stereocenters. The maximum absolute atomic E-state index is 5.57. The molecule has 14 rings (SSSR count). The van der Waals surface area contributed by atoms with Crippen LogP contribution in [-0.2, 0) is 0 Å². The second kappa shape index (κ2) is 13.5. The monoisotopic (exact) mass is 809 g/mol.